The molecular formula is C16H16BrNO. The summed E-state index contributed by atoms with van der Waals surface area (Å²) >= 11 is 3.41. The predicted octanol–water partition coefficient (Wildman–Crippen LogP) is 4.07. The number of alkyl halides is 1. The largest absolute Gasteiger partial charge is 0.326 e. The van der Waals surface area contributed by atoms with E-state index in [-0.39, 0.29) is 5.91 Å². The van der Waals surface area contributed by atoms with Gasteiger partial charge >= 0.3 is 0 Å². The van der Waals surface area contributed by atoms with Crippen molar-refractivity contribution in [2.24, 2.45) is 0 Å². The number of carbonyl (C=O) groups is 1. The second-order valence-electron chi connectivity index (χ2n) is 4.49. The number of benzene rings is 2. The van der Waals surface area contributed by atoms with Crippen LogP contribution in [-0.4, -0.2) is 5.91 Å². The van der Waals surface area contributed by atoms with E-state index in [1.807, 2.05) is 55.5 Å². The minimum absolute atomic E-state index is 0.0148. The van der Waals surface area contributed by atoms with E-state index >= 15 is 0 Å². The molecule has 0 aliphatic heterocycles. The Hall–Kier alpha value is -1.61. The Morgan fingerprint density at radius 3 is 2.68 bits per heavy atom. The number of halogens is 1. The highest BCUT2D eigenvalue weighted by molar-refractivity contribution is 9.08. The maximum absolute atomic E-state index is 12.0. The van der Waals surface area contributed by atoms with Crippen LogP contribution in [0.3, 0.4) is 0 Å². The molecule has 0 atom stereocenters. The number of rotatable bonds is 4. The van der Waals surface area contributed by atoms with Crippen LogP contribution in [0.5, 0.6) is 0 Å². The molecule has 0 saturated heterocycles. The predicted molar refractivity (Wildman–Crippen MR) is 82.6 cm³/mol. The van der Waals surface area contributed by atoms with E-state index in [0.717, 1.165) is 27.7 Å². The second kappa shape index (κ2) is 6.53. The van der Waals surface area contributed by atoms with Crippen molar-refractivity contribution < 1.29 is 4.79 Å². The van der Waals surface area contributed by atoms with Crippen molar-refractivity contribution in [3.05, 3.63) is 65.2 Å². The molecule has 0 unspecified atom stereocenters. The molecule has 0 radical (unpaired) electrons. The monoisotopic (exact) mass is 317 g/mol. The Kier molecular flexibility index (Phi) is 4.74. The summed E-state index contributed by atoms with van der Waals surface area (Å²) in [7, 11) is 0. The Balaban J connectivity index is 2.03. The molecule has 0 aliphatic carbocycles. The van der Waals surface area contributed by atoms with E-state index in [4.69, 9.17) is 0 Å². The Morgan fingerprint density at radius 2 is 1.95 bits per heavy atom. The van der Waals surface area contributed by atoms with Gasteiger partial charge in [0.05, 0.1) is 6.42 Å². The molecule has 1 N–H and O–H groups in total. The minimum Gasteiger partial charge on any atom is -0.326 e. The molecule has 2 aromatic carbocycles. The SMILES string of the molecule is Cc1ccccc1CC(=O)Nc1cccc(CBr)c1. The normalized spacial score (nSPS) is 10.2. The first kappa shape index (κ1) is 13.8. The van der Waals surface area contributed by atoms with E-state index in [1.54, 1.807) is 0 Å². The number of carbonyl (C=O) groups excluding carboxylic acids is 1. The molecule has 3 heteroatoms. The van der Waals surface area contributed by atoms with Crippen LogP contribution in [0.25, 0.3) is 0 Å². The number of anilines is 1. The fourth-order valence-electron chi connectivity index (χ4n) is 1.92. The standard InChI is InChI=1S/C16H16BrNO/c1-12-5-2-3-7-14(12)10-16(19)18-15-8-4-6-13(9-15)11-17/h2-9H,10-11H2,1H3,(H,18,19). The average molecular weight is 318 g/mol. The highest BCUT2D eigenvalue weighted by atomic mass is 79.9. The first-order chi connectivity index (χ1) is 9.19. The van der Waals surface area contributed by atoms with Crippen LogP contribution >= 0.6 is 15.9 Å². The van der Waals surface area contributed by atoms with Crippen molar-refractivity contribution in [2.75, 3.05) is 5.32 Å². The number of hydrogen-bond acceptors (Lipinski definition) is 1. The van der Waals surface area contributed by atoms with Crippen LogP contribution < -0.4 is 5.32 Å². The molecule has 19 heavy (non-hydrogen) atoms. The molecule has 0 bridgehead atoms. The number of nitrogens with one attached hydrogen (secondary N) is 1. The van der Waals surface area contributed by atoms with Gasteiger partial charge in [0.2, 0.25) is 5.91 Å². The fraction of sp³-hybridized carbons (Fsp3) is 0.188. The lowest BCUT2D eigenvalue weighted by atomic mass is 10.1. The van der Waals surface area contributed by atoms with Crippen LogP contribution in [0.4, 0.5) is 5.69 Å². The zero-order valence-corrected chi connectivity index (χ0v) is 12.4. The highest BCUT2D eigenvalue weighted by Gasteiger charge is 2.06. The lowest BCUT2D eigenvalue weighted by Crippen LogP contribution is -2.15. The summed E-state index contributed by atoms with van der Waals surface area (Å²) in [5, 5.41) is 3.72. The van der Waals surface area contributed by atoms with Gasteiger partial charge in [0.25, 0.3) is 0 Å². The fourth-order valence-corrected chi connectivity index (χ4v) is 2.27. The van der Waals surface area contributed by atoms with Gasteiger partial charge in [-0.25, -0.2) is 0 Å². The number of amides is 1. The number of aryl methyl sites for hydroxylation is 1. The molecule has 0 heterocycles. The summed E-state index contributed by atoms with van der Waals surface area (Å²) in [5.74, 6) is 0.0148. The van der Waals surface area contributed by atoms with E-state index in [0.29, 0.717) is 6.42 Å². The van der Waals surface area contributed by atoms with Crippen molar-refractivity contribution in [3.8, 4) is 0 Å². The van der Waals surface area contributed by atoms with Crippen LogP contribution in [0, 0.1) is 6.92 Å². The van der Waals surface area contributed by atoms with Gasteiger partial charge in [-0.2, -0.15) is 0 Å². The molecule has 98 valence electrons. The molecule has 2 nitrogen and oxygen atoms in total. The Labute approximate surface area is 122 Å². The first-order valence-corrected chi connectivity index (χ1v) is 7.30. The van der Waals surface area contributed by atoms with Crippen molar-refractivity contribution in [2.45, 2.75) is 18.7 Å². The third kappa shape index (κ3) is 3.93. The first-order valence-electron chi connectivity index (χ1n) is 6.18. The molecule has 0 aromatic heterocycles. The van der Waals surface area contributed by atoms with Gasteiger partial charge in [0.15, 0.2) is 0 Å². The van der Waals surface area contributed by atoms with Gasteiger partial charge in [-0.15, -0.1) is 0 Å². The zero-order chi connectivity index (χ0) is 13.7. The summed E-state index contributed by atoms with van der Waals surface area (Å²) < 4.78 is 0. The van der Waals surface area contributed by atoms with Gasteiger partial charge in [0, 0.05) is 11.0 Å². The molecular weight excluding hydrogens is 302 g/mol. The Bertz CT molecular complexity index is 580. The second-order valence-corrected chi connectivity index (χ2v) is 5.05. The van der Waals surface area contributed by atoms with Gasteiger partial charge in [-0.05, 0) is 35.7 Å². The smallest absolute Gasteiger partial charge is 0.228 e. The van der Waals surface area contributed by atoms with Crippen molar-refractivity contribution in [3.63, 3.8) is 0 Å². The zero-order valence-electron chi connectivity index (χ0n) is 10.8. The molecule has 2 rings (SSSR count). The maximum atomic E-state index is 12.0. The molecule has 0 saturated carbocycles. The number of hydrogen-bond donors (Lipinski definition) is 1. The third-order valence-corrected chi connectivity index (χ3v) is 3.62. The lowest BCUT2D eigenvalue weighted by molar-refractivity contribution is -0.115. The van der Waals surface area contributed by atoms with Crippen LogP contribution in [0.15, 0.2) is 48.5 Å². The quantitative estimate of drug-likeness (QED) is 0.846. The highest BCUT2D eigenvalue weighted by Crippen LogP contribution is 2.14. The van der Waals surface area contributed by atoms with Gasteiger partial charge in [-0.1, -0.05) is 52.3 Å². The van der Waals surface area contributed by atoms with Crippen molar-refractivity contribution in [1.82, 2.24) is 0 Å². The summed E-state index contributed by atoms with van der Waals surface area (Å²) in [4.78, 5) is 12.0. The topological polar surface area (TPSA) is 29.1 Å². The molecule has 0 spiro atoms. The third-order valence-electron chi connectivity index (χ3n) is 2.98. The van der Waals surface area contributed by atoms with Crippen molar-refractivity contribution >= 4 is 27.5 Å². The summed E-state index contributed by atoms with van der Waals surface area (Å²) in [6, 6.07) is 15.8. The lowest BCUT2D eigenvalue weighted by Gasteiger charge is -2.08. The summed E-state index contributed by atoms with van der Waals surface area (Å²) in [6.45, 7) is 2.02. The minimum atomic E-state index is 0.0148. The molecule has 0 aliphatic rings. The van der Waals surface area contributed by atoms with E-state index in [1.165, 1.54) is 0 Å². The molecule has 1 amide bonds. The molecule has 2 aromatic rings. The van der Waals surface area contributed by atoms with Crippen LogP contribution in [-0.2, 0) is 16.5 Å². The van der Waals surface area contributed by atoms with Gasteiger partial charge in [0.1, 0.15) is 0 Å². The molecule has 0 fully saturated rings. The van der Waals surface area contributed by atoms with E-state index < -0.39 is 0 Å². The van der Waals surface area contributed by atoms with Gasteiger partial charge in [-0.3, -0.25) is 4.79 Å². The maximum Gasteiger partial charge on any atom is 0.228 e. The van der Waals surface area contributed by atoms with Crippen LogP contribution in [0.1, 0.15) is 16.7 Å². The summed E-state index contributed by atoms with van der Waals surface area (Å²) in [5.41, 5.74) is 4.20. The average Bonchev–Trinajstić information content (AvgIpc) is 2.41. The van der Waals surface area contributed by atoms with E-state index in [9.17, 15) is 4.79 Å². The van der Waals surface area contributed by atoms with Crippen LogP contribution in [0.2, 0.25) is 0 Å². The summed E-state index contributed by atoms with van der Waals surface area (Å²) in [6.07, 6.45) is 0.408. The van der Waals surface area contributed by atoms with Crippen molar-refractivity contribution in [1.29, 1.82) is 0 Å². The van der Waals surface area contributed by atoms with Gasteiger partial charge < -0.3 is 5.32 Å². The van der Waals surface area contributed by atoms with E-state index in [2.05, 4.69) is 21.2 Å². The Morgan fingerprint density at radius 1 is 1.16 bits per heavy atom.